The Bertz CT molecular complexity index is 755. The molecule has 0 radical (unpaired) electrons. The van der Waals surface area contributed by atoms with Gasteiger partial charge < -0.3 is 14.9 Å². The number of anilines is 1. The summed E-state index contributed by atoms with van der Waals surface area (Å²) in [5, 5.41) is 11.1. The van der Waals surface area contributed by atoms with Crippen LogP contribution in [0.4, 0.5) is 5.82 Å². The lowest BCUT2D eigenvalue weighted by atomic mass is 9.92. The number of amides is 1. The van der Waals surface area contributed by atoms with Crippen molar-refractivity contribution in [3.05, 3.63) is 48.2 Å². The summed E-state index contributed by atoms with van der Waals surface area (Å²) < 4.78 is 0. The van der Waals surface area contributed by atoms with Crippen LogP contribution in [0.1, 0.15) is 24.1 Å². The molecule has 2 aromatic rings. The van der Waals surface area contributed by atoms with Gasteiger partial charge in [0.05, 0.1) is 18.6 Å². The first kappa shape index (κ1) is 18.3. The number of β-amino-alcohol motifs (C(OH)–C–C–N with tert-alkyl or cyclic N) is 1. The van der Waals surface area contributed by atoms with Crippen molar-refractivity contribution >= 4 is 11.7 Å². The first-order valence-corrected chi connectivity index (χ1v) is 8.84. The molecule has 0 bridgehead atoms. The maximum absolute atomic E-state index is 12.5. The van der Waals surface area contributed by atoms with Gasteiger partial charge in [-0.2, -0.15) is 0 Å². The molecule has 0 aliphatic carbocycles. The van der Waals surface area contributed by atoms with Crippen molar-refractivity contribution in [1.82, 2.24) is 19.9 Å². The van der Waals surface area contributed by atoms with Crippen LogP contribution < -0.4 is 4.90 Å². The van der Waals surface area contributed by atoms with Gasteiger partial charge in [-0.1, -0.05) is 6.07 Å². The number of rotatable bonds is 5. The van der Waals surface area contributed by atoms with E-state index >= 15 is 0 Å². The molecule has 7 nitrogen and oxygen atoms in total. The Balaban J connectivity index is 1.63. The Morgan fingerprint density at radius 1 is 1.42 bits per heavy atom. The average Bonchev–Trinajstić information content (AvgIpc) is 2.62. The summed E-state index contributed by atoms with van der Waals surface area (Å²) in [4.78, 5) is 28.6. The lowest BCUT2D eigenvalue weighted by Crippen LogP contribution is -2.55. The van der Waals surface area contributed by atoms with Gasteiger partial charge in [-0.25, -0.2) is 9.97 Å². The number of carbonyl (C=O) groups is 1. The van der Waals surface area contributed by atoms with E-state index in [1.165, 1.54) is 0 Å². The molecule has 0 aromatic carbocycles. The van der Waals surface area contributed by atoms with Crippen LogP contribution in [0.2, 0.25) is 0 Å². The van der Waals surface area contributed by atoms with Gasteiger partial charge in [-0.15, -0.1) is 0 Å². The topological polar surface area (TPSA) is 82.5 Å². The molecule has 0 spiro atoms. The highest BCUT2D eigenvalue weighted by atomic mass is 16.3. The van der Waals surface area contributed by atoms with E-state index in [9.17, 15) is 9.90 Å². The van der Waals surface area contributed by atoms with Crippen LogP contribution >= 0.6 is 0 Å². The third-order valence-corrected chi connectivity index (χ3v) is 4.70. The number of hydrogen-bond acceptors (Lipinski definition) is 6. The van der Waals surface area contributed by atoms with Crippen LogP contribution in [0.3, 0.4) is 0 Å². The number of piperidine rings is 1. The van der Waals surface area contributed by atoms with Crippen molar-refractivity contribution < 1.29 is 9.90 Å². The van der Waals surface area contributed by atoms with Crippen LogP contribution in [0.25, 0.3) is 0 Å². The van der Waals surface area contributed by atoms with Crippen molar-refractivity contribution in [3.8, 4) is 0 Å². The van der Waals surface area contributed by atoms with Gasteiger partial charge in [0.1, 0.15) is 12.1 Å². The zero-order valence-electron chi connectivity index (χ0n) is 15.3. The van der Waals surface area contributed by atoms with Gasteiger partial charge in [0, 0.05) is 44.3 Å². The van der Waals surface area contributed by atoms with Crippen molar-refractivity contribution in [1.29, 1.82) is 0 Å². The number of aromatic nitrogens is 3. The summed E-state index contributed by atoms with van der Waals surface area (Å²) in [6.45, 7) is 3.51. The van der Waals surface area contributed by atoms with Crippen LogP contribution in [-0.4, -0.2) is 63.1 Å². The minimum absolute atomic E-state index is 0.0265. The van der Waals surface area contributed by atoms with Gasteiger partial charge in [0.2, 0.25) is 5.91 Å². The van der Waals surface area contributed by atoms with Gasteiger partial charge in [0.25, 0.3) is 0 Å². The maximum Gasteiger partial charge on any atom is 0.226 e. The molecule has 1 aliphatic rings. The molecule has 1 amide bonds. The summed E-state index contributed by atoms with van der Waals surface area (Å²) in [5.41, 5.74) is 0.821. The second-order valence-electron chi connectivity index (χ2n) is 7.05. The number of nitrogens with zero attached hydrogens (tertiary/aromatic N) is 5. The molecule has 1 N–H and O–H groups in total. The normalized spacial score (nSPS) is 20.0. The Labute approximate surface area is 153 Å². The lowest BCUT2D eigenvalue weighted by Gasteiger charge is -2.41. The zero-order chi connectivity index (χ0) is 18.6. The SMILES string of the molecule is Cc1cc(N2CCCC(O)(CN(C)C(=O)Cc3cccnc3)C2)ncn1. The molecule has 3 rings (SSSR count). The fourth-order valence-corrected chi connectivity index (χ4v) is 3.39. The van der Waals surface area contributed by atoms with Gasteiger partial charge in [0.15, 0.2) is 0 Å². The molecule has 138 valence electrons. The van der Waals surface area contributed by atoms with Crippen LogP contribution in [-0.2, 0) is 11.2 Å². The van der Waals surface area contributed by atoms with E-state index in [-0.39, 0.29) is 12.3 Å². The molecule has 1 saturated heterocycles. The molecule has 26 heavy (non-hydrogen) atoms. The van der Waals surface area contributed by atoms with Crippen LogP contribution in [0.5, 0.6) is 0 Å². The predicted octanol–water partition coefficient (Wildman–Crippen LogP) is 1.21. The quantitative estimate of drug-likeness (QED) is 0.868. The maximum atomic E-state index is 12.5. The second kappa shape index (κ2) is 7.78. The molecular weight excluding hydrogens is 330 g/mol. The summed E-state index contributed by atoms with van der Waals surface area (Å²) in [7, 11) is 1.74. The molecule has 1 aliphatic heterocycles. The monoisotopic (exact) mass is 355 g/mol. The van der Waals surface area contributed by atoms with E-state index in [0.717, 1.165) is 30.0 Å². The van der Waals surface area contributed by atoms with Crippen LogP contribution in [0.15, 0.2) is 36.9 Å². The molecule has 0 saturated carbocycles. The van der Waals surface area contributed by atoms with E-state index in [4.69, 9.17) is 0 Å². The summed E-state index contributed by atoms with van der Waals surface area (Å²) in [5.74, 6) is 0.793. The Kier molecular flexibility index (Phi) is 5.46. The Hall–Kier alpha value is -2.54. The van der Waals surface area contributed by atoms with E-state index < -0.39 is 5.60 Å². The van der Waals surface area contributed by atoms with E-state index in [1.807, 2.05) is 25.1 Å². The highest BCUT2D eigenvalue weighted by Gasteiger charge is 2.35. The van der Waals surface area contributed by atoms with Crippen LogP contribution in [0, 0.1) is 6.92 Å². The summed E-state index contributed by atoms with van der Waals surface area (Å²) >= 11 is 0. The highest BCUT2D eigenvalue weighted by molar-refractivity contribution is 5.78. The van der Waals surface area contributed by atoms with Gasteiger partial charge in [-0.3, -0.25) is 9.78 Å². The van der Waals surface area contributed by atoms with Gasteiger partial charge >= 0.3 is 0 Å². The first-order valence-electron chi connectivity index (χ1n) is 8.84. The molecule has 1 atom stereocenters. The smallest absolute Gasteiger partial charge is 0.226 e. The first-order chi connectivity index (χ1) is 12.5. The average molecular weight is 355 g/mol. The fraction of sp³-hybridized carbons (Fsp3) is 0.474. The largest absolute Gasteiger partial charge is 0.386 e. The molecular formula is C19H25N5O2. The third-order valence-electron chi connectivity index (χ3n) is 4.70. The minimum Gasteiger partial charge on any atom is -0.386 e. The predicted molar refractivity (Wildman–Crippen MR) is 98.7 cm³/mol. The second-order valence-corrected chi connectivity index (χ2v) is 7.05. The third kappa shape index (κ3) is 4.54. The Morgan fingerprint density at radius 3 is 3.00 bits per heavy atom. The standard InChI is InChI=1S/C19H25N5O2/c1-15-9-17(22-14-21-15)24-8-4-6-19(26,13-24)12-23(2)18(25)10-16-5-3-7-20-11-16/h3,5,7,9,11,14,26H,4,6,8,10,12-13H2,1-2H3. The molecule has 1 unspecified atom stereocenters. The van der Waals surface area contributed by atoms with E-state index in [0.29, 0.717) is 19.5 Å². The number of likely N-dealkylation sites (N-methyl/N-ethyl adjacent to an activating group) is 1. The molecule has 2 aromatic heterocycles. The fourth-order valence-electron chi connectivity index (χ4n) is 3.39. The van der Waals surface area contributed by atoms with Gasteiger partial charge in [-0.05, 0) is 31.4 Å². The molecule has 3 heterocycles. The van der Waals surface area contributed by atoms with Crippen molar-refractivity contribution in [2.75, 3.05) is 31.6 Å². The van der Waals surface area contributed by atoms with E-state index in [2.05, 4.69) is 19.9 Å². The number of carbonyl (C=O) groups excluding carboxylic acids is 1. The lowest BCUT2D eigenvalue weighted by molar-refractivity contribution is -0.132. The van der Waals surface area contributed by atoms with Crippen molar-refractivity contribution in [3.63, 3.8) is 0 Å². The molecule has 1 fully saturated rings. The highest BCUT2D eigenvalue weighted by Crippen LogP contribution is 2.25. The summed E-state index contributed by atoms with van der Waals surface area (Å²) in [6.07, 6.45) is 6.73. The van der Waals surface area contributed by atoms with Crippen molar-refractivity contribution in [2.45, 2.75) is 31.8 Å². The number of pyridine rings is 1. The number of hydrogen-bond donors (Lipinski definition) is 1. The zero-order valence-corrected chi connectivity index (χ0v) is 15.3. The number of aryl methyl sites for hydroxylation is 1. The molecule has 7 heteroatoms. The Morgan fingerprint density at radius 2 is 2.27 bits per heavy atom. The number of aliphatic hydroxyl groups is 1. The van der Waals surface area contributed by atoms with E-state index in [1.54, 1.807) is 30.7 Å². The minimum atomic E-state index is -0.948. The summed E-state index contributed by atoms with van der Waals surface area (Å²) in [6, 6.07) is 5.62. The van der Waals surface area contributed by atoms with Crippen molar-refractivity contribution in [2.24, 2.45) is 0 Å².